The van der Waals surface area contributed by atoms with E-state index in [2.05, 4.69) is 15.5 Å². The number of methoxy groups -OCH3 is 1. The fourth-order valence-corrected chi connectivity index (χ4v) is 2.01. The molecule has 0 bridgehead atoms. The maximum atomic E-state index is 6.15. The maximum absolute atomic E-state index is 6.15. The lowest BCUT2D eigenvalue weighted by atomic mass is 10.1. The lowest BCUT2D eigenvalue weighted by Crippen LogP contribution is -2.14. The van der Waals surface area contributed by atoms with E-state index in [0.717, 1.165) is 0 Å². The van der Waals surface area contributed by atoms with Crippen molar-refractivity contribution in [1.82, 2.24) is 20.2 Å². The van der Waals surface area contributed by atoms with Crippen molar-refractivity contribution >= 4 is 17.3 Å². The van der Waals surface area contributed by atoms with Crippen LogP contribution in [-0.4, -0.2) is 33.9 Å². The summed E-state index contributed by atoms with van der Waals surface area (Å²) in [6.07, 6.45) is 0. The molecule has 1 atom stereocenters. The van der Waals surface area contributed by atoms with Crippen LogP contribution in [0.15, 0.2) is 18.2 Å². The van der Waals surface area contributed by atoms with Crippen LogP contribution in [0.25, 0.3) is 11.4 Å². The molecule has 2 rings (SSSR count). The van der Waals surface area contributed by atoms with Gasteiger partial charge >= 0.3 is 0 Å². The van der Waals surface area contributed by atoms with Gasteiger partial charge in [0.15, 0.2) is 5.82 Å². The summed E-state index contributed by atoms with van der Waals surface area (Å²) in [4.78, 5) is 0. The van der Waals surface area contributed by atoms with Gasteiger partial charge in [-0.1, -0.05) is 17.7 Å². The quantitative estimate of drug-likeness (QED) is 0.855. The number of rotatable bonds is 4. The zero-order chi connectivity index (χ0) is 13.1. The van der Waals surface area contributed by atoms with Gasteiger partial charge < -0.3 is 10.5 Å². The van der Waals surface area contributed by atoms with Crippen LogP contribution in [0.1, 0.15) is 13.0 Å². The molecule has 7 heteroatoms. The number of ether oxygens (including phenoxy) is 1. The van der Waals surface area contributed by atoms with Gasteiger partial charge in [0.25, 0.3) is 0 Å². The highest BCUT2D eigenvalue weighted by Crippen LogP contribution is 2.32. The summed E-state index contributed by atoms with van der Waals surface area (Å²) >= 11 is 6.15. The van der Waals surface area contributed by atoms with Gasteiger partial charge in [-0.25, -0.2) is 4.68 Å². The molecule has 0 fully saturated rings. The minimum Gasteiger partial charge on any atom is -0.398 e. The summed E-state index contributed by atoms with van der Waals surface area (Å²) in [6.45, 7) is 2.46. The zero-order valence-electron chi connectivity index (χ0n) is 10.2. The SMILES string of the molecule is COCC(C)n1nnnc1-c1c(N)cccc1Cl. The van der Waals surface area contributed by atoms with E-state index >= 15 is 0 Å². The molecule has 0 saturated carbocycles. The number of tetrazole rings is 1. The van der Waals surface area contributed by atoms with Crippen LogP contribution in [0.3, 0.4) is 0 Å². The van der Waals surface area contributed by atoms with Gasteiger partial charge in [-0.05, 0) is 29.5 Å². The molecule has 0 spiro atoms. The highest BCUT2D eigenvalue weighted by atomic mass is 35.5. The van der Waals surface area contributed by atoms with E-state index in [1.165, 1.54) is 0 Å². The van der Waals surface area contributed by atoms with Crippen LogP contribution in [-0.2, 0) is 4.74 Å². The third-order valence-electron chi connectivity index (χ3n) is 2.59. The highest BCUT2D eigenvalue weighted by Gasteiger charge is 2.18. The largest absolute Gasteiger partial charge is 0.398 e. The third-order valence-corrected chi connectivity index (χ3v) is 2.90. The van der Waals surface area contributed by atoms with E-state index < -0.39 is 0 Å². The summed E-state index contributed by atoms with van der Waals surface area (Å²) in [7, 11) is 1.63. The number of anilines is 1. The molecule has 0 aliphatic carbocycles. The molecule has 18 heavy (non-hydrogen) atoms. The van der Waals surface area contributed by atoms with Crippen LogP contribution in [0.4, 0.5) is 5.69 Å². The first-order chi connectivity index (χ1) is 8.65. The summed E-state index contributed by atoms with van der Waals surface area (Å²) < 4.78 is 6.75. The van der Waals surface area contributed by atoms with Crippen LogP contribution in [0.2, 0.25) is 5.02 Å². The topological polar surface area (TPSA) is 78.8 Å². The summed E-state index contributed by atoms with van der Waals surface area (Å²) in [5, 5.41) is 12.1. The Labute approximate surface area is 110 Å². The van der Waals surface area contributed by atoms with Gasteiger partial charge in [0.2, 0.25) is 0 Å². The van der Waals surface area contributed by atoms with Crippen molar-refractivity contribution in [3.05, 3.63) is 23.2 Å². The monoisotopic (exact) mass is 267 g/mol. The minimum atomic E-state index is -0.00401. The number of halogens is 1. The van der Waals surface area contributed by atoms with E-state index in [1.807, 2.05) is 6.92 Å². The van der Waals surface area contributed by atoms with Crippen molar-refractivity contribution in [2.45, 2.75) is 13.0 Å². The van der Waals surface area contributed by atoms with E-state index in [1.54, 1.807) is 30.0 Å². The van der Waals surface area contributed by atoms with E-state index in [4.69, 9.17) is 22.1 Å². The van der Waals surface area contributed by atoms with Crippen LogP contribution >= 0.6 is 11.6 Å². The molecule has 0 aliphatic rings. The Bertz CT molecular complexity index is 522. The minimum absolute atomic E-state index is 0.00401. The lowest BCUT2D eigenvalue weighted by molar-refractivity contribution is 0.156. The first kappa shape index (κ1) is 12.8. The van der Waals surface area contributed by atoms with E-state index in [9.17, 15) is 0 Å². The summed E-state index contributed by atoms with van der Waals surface area (Å²) in [6, 6.07) is 5.30. The third kappa shape index (κ3) is 2.30. The second-order valence-corrected chi connectivity index (χ2v) is 4.36. The van der Waals surface area contributed by atoms with Crippen molar-refractivity contribution in [3.63, 3.8) is 0 Å². The number of aromatic nitrogens is 4. The van der Waals surface area contributed by atoms with Gasteiger partial charge in [0.1, 0.15) is 0 Å². The molecule has 96 valence electrons. The predicted molar refractivity (Wildman–Crippen MR) is 69.3 cm³/mol. The smallest absolute Gasteiger partial charge is 0.185 e. The first-order valence-electron chi connectivity index (χ1n) is 5.46. The highest BCUT2D eigenvalue weighted by molar-refractivity contribution is 6.33. The number of nitrogens with zero attached hydrogens (tertiary/aromatic N) is 4. The van der Waals surface area contributed by atoms with Gasteiger partial charge in [-0.3, -0.25) is 0 Å². The fraction of sp³-hybridized carbons (Fsp3) is 0.364. The Kier molecular flexibility index (Phi) is 3.78. The summed E-state index contributed by atoms with van der Waals surface area (Å²) in [5.74, 6) is 0.544. The van der Waals surface area contributed by atoms with Crippen molar-refractivity contribution < 1.29 is 4.74 Å². The molecule has 2 N–H and O–H groups in total. The zero-order valence-corrected chi connectivity index (χ0v) is 10.9. The standard InChI is InChI=1S/C11H14ClN5O/c1-7(6-18-2)17-11(14-15-16-17)10-8(12)4-3-5-9(10)13/h3-5,7H,6,13H2,1-2H3. The molecule has 1 aromatic heterocycles. The second-order valence-electron chi connectivity index (χ2n) is 3.96. The fourth-order valence-electron chi connectivity index (χ4n) is 1.74. The Morgan fingerprint density at radius 2 is 2.28 bits per heavy atom. The second kappa shape index (κ2) is 5.32. The number of hydrogen-bond acceptors (Lipinski definition) is 5. The van der Waals surface area contributed by atoms with Crippen LogP contribution in [0.5, 0.6) is 0 Å². The molecule has 2 aromatic rings. The van der Waals surface area contributed by atoms with E-state index in [-0.39, 0.29) is 6.04 Å². The molecule has 0 saturated heterocycles. The number of hydrogen-bond donors (Lipinski definition) is 1. The van der Waals surface area contributed by atoms with Crippen molar-refractivity contribution in [1.29, 1.82) is 0 Å². The summed E-state index contributed by atoms with van der Waals surface area (Å²) in [5.41, 5.74) is 7.12. The molecule has 0 radical (unpaired) electrons. The average molecular weight is 268 g/mol. The van der Waals surface area contributed by atoms with Crippen molar-refractivity contribution in [2.75, 3.05) is 19.5 Å². The molecule has 6 nitrogen and oxygen atoms in total. The number of benzene rings is 1. The Hall–Kier alpha value is -1.66. The molecule has 0 aliphatic heterocycles. The lowest BCUT2D eigenvalue weighted by Gasteiger charge is -2.13. The first-order valence-corrected chi connectivity index (χ1v) is 5.84. The molecule has 1 heterocycles. The van der Waals surface area contributed by atoms with Gasteiger partial charge in [-0.2, -0.15) is 0 Å². The van der Waals surface area contributed by atoms with Crippen molar-refractivity contribution in [2.24, 2.45) is 0 Å². The van der Waals surface area contributed by atoms with Crippen LogP contribution < -0.4 is 5.73 Å². The molecule has 1 aromatic carbocycles. The Morgan fingerprint density at radius 3 is 2.94 bits per heavy atom. The number of nitrogens with two attached hydrogens (primary N) is 1. The normalized spacial score (nSPS) is 12.6. The van der Waals surface area contributed by atoms with E-state index in [0.29, 0.717) is 28.7 Å². The molecular formula is C11H14ClN5O. The average Bonchev–Trinajstić information content (AvgIpc) is 2.78. The maximum Gasteiger partial charge on any atom is 0.185 e. The Balaban J connectivity index is 2.49. The molecule has 1 unspecified atom stereocenters. The van der Waals surface area contributed by atoms with Gasteiger partial charge in [-0.15, -0.1) is 5.10 Å². The molecular weight excluding hydrogens is 254 g/mol. The predicted octanol–water partition coefficient (Wildman–Crippen LogP) is 1.78. The van der Waals surface area contributed by atoms with Crippen LogP contribution in [0, 0.1) is 0 Å². The van der Waals surface area contributed by atoms with Gasteiger partial charge in [0, 0.05) is 12.8 Å². The molecule has 0 amide bonds. The number of nitrogen functional groups attached to an aromatic ring is 1. The van der Waals surface area contributed by atoms with Crippen molar-refractivity contribution in [3.8, 4) is 11.4 Å². The Morgan fingerprint density at radius 1 is 1.50 bits per heavy atom. The van der Waals surface area contributed by atoms with Gasteiger partial charge in [0.05, 0.1) is 23.2 Å².